The minimum absolute atomic E-state index is 0.209. The summed E-state index contributed by atoms with van der Waals surface area (Å²) in [5, 5.41) is 0. The molecule has 1 heterocycles. The number of ether oxygens (including phenoxy) is 1. The third-order valence-electron chi connectivity index (χ3n) is 2.62. The Balaban J connectivity index is 2.67. The van der Waals surface area contributed by atoms with Gasteiger partial charge in [0, 0.05) is 12.3 Å². The highest BCUT2D eigenvalue weighted by atomic mass is 19.4. The molecule has 0 spiro atoms. The lowest BCUT2D eigenvalue weighted by molar-refractivity contribution is -0.145. The first kappa shape index (κ1) is 16.3. The first-order valence-electron chi connectivity index (χ1n) is 6.28. The van der Waals surface area contributed by atoms with Gasteiger partial charge in [-0.3, -0.25) is 9.59 Å². The molecule has 0 atom stereocenters. The van der Waals surface area contributed by atoms with Crippen LogP contribution in [0.3, 0.4) is 0 Å². The van der Waals surface area contributed by atoms with Crippen LogP contribution in [0.5, 0.6) is 0 Å². The molecule has 0 saturated heterocycles. The van der Waals surface area contributed by atoms with Gasteiger partial charge in [-0.05, 0) is 12.5 Å². The largest absolute Gasteiger partial charge is 0.464 e. The number of hydrogen-bond donors (Lipinski definition) is 0. The molecule has 0 bridgehead atoms. The van der Waals surface area contributed by atoms with E-state index < -0.39 is 29.8 Å². The van der Waals surface area contributed by atoms with Crippen LogP contribution in [0, 0.1) is 0 Å². The predicted octanol–water partition coefficient (Wildman–Crippen LogP) is 2.60. The molecule has 20 heavy (non-hydrogen) atoms. The monoisotopic (exact) mass is 291 g/mol. The van der Waals surface area contributed by atoms with E-state index in [0.29, 0.717) is 23.3 Å². The van der Waals surface area contributed by atoms with Crippen LogP contribution in [0.4, 0.5) is 13.2 Å². The van der Waals surface area contributed by atoms with Gasteiger partial charge in [-0.25, -0.2) is 0 Å². The summed E-state index contributed by atoms with van der Waals surface area (Å²) in [4.78, 5) is 22.8. The summed E-state index contributed by atoms with van der Waals surface area (Å²) in [6, 6.07) is 1.47. The van der Waals surface area contributed by atoms with E-state index in [9.17, 15) is 22.8 Å². The number of alkyl halides is 3. The highest BCUT2D eigenvalue weighted by Crippen LogP contribution is 2.27. The molecule has 0 N–H and O–H groups in total. The molecule has 0 saturated carbocycles. The van der Waals surface area contributed by atoms with Crippen molar-refractivity contribution in [3.05, 3.63) is 34.2 Å². The molecule has 1 aromatic rings. The molecule has 0 fully saturated rings. The first-order chi connectivity index (χ1) is 9.34. The van der Waals surface area contributed by atoms with E-state index in [0.717, 1.165) is 18.9 Å². The van der Waals surface area contributed by atoms with Crippen LogP contribution in [0.2, 0.25) is 0 Å². The smallest absolute Gasteiger partial charge is 0.417 e. The van der Waals surface area contributed by atoms with Gasteiger partial charge in [0.05, 0.1) is 12.2 Å². The van der Waals surface area contributed by atoms with Crippen molar-refractivity contribution in [1.82, 2.24) is 4.57 Å². The van der Waals surface area contributed by atoms with Crippen molar-refractivity contribution in [3.63, 3.8) is 0 Å². The van der Waals surface area contributed by atoms with E-state index >= 15 is 0 Å². The standard InChI is InChI=1S/C13H16F3NO3/c1-2-3-4-7-20-12(19)9-17-8-10(13(14,15)16)5-6-11(17)18/h5-6,8H,2-4,7,9H2,1H3. The quantitative estimate of drug-likeness (QED) is 0.598. The van der Waals surface area contributed by atoms with E-state index in [-0.39, 0.29) is 6.61 Å². The van der Waals surface area contributed by atoms with Gasteiger partial charge in [0.1, 0.15) is 6.54 Å². The average molecular weight is 291 g/mol. The summed E-state index contributed by atoms with van der Waals surface area (Å²) >= 11 is 0. The average Bonchev–Trinajstić information content (AvgIpc) is 2.36. The molecule has 7 heteroatoms. The zero-order valence-corrected chi connectivity index (χ0v) is 11.1. The summed E-state index contributed by atoms with van der Waals surface area (Å²) in [6.45, 7) is 1.68. The normalized spacial score (nSPS) is 11.4. The molecule has 0 aliphatic heterocycles. The number of esters is 1. The van der Waals surface area contributed by atoms with E-state index in [1.165, 1.54) is 0 Å². The van der Waals surface area contributed by atoms with E-state index in [1.807, 2.05) is 6.92 Å². The van der Waals surface area contributed by atoms with Crippen LogP contribution >= 0.6 is 0 Å². The number of aromatic nitrogens is 1. The van der Waals surface area contributed by atoms with Crippen LogP contribution in [-0.2, 0) is 22.3 Å². The Morgan fingerprint density at radius 1 is 1.30 bits per heavy atom. The van der Waals surface area contributed by atoms with Crippen LogP contribution in [0.1, 0.15) is 31.7 Å². The van der Waals surface area contributed by atoms with Crippen molar-refractivity contribution >= 4 is 5.97 Å². The topological polar surface area (TPSA) is 48.3 Å². The summed E-state index contributed by atoms with van der Waals surface area (Å²) in [5.74, 6) is -0.720. The number of hydrogen-bond acceptors (Lipinski definition) is 3. The molecular weight excluding hydrogens is 275 g/mol. The number of unbranched alkanes of at least 4 members (excludes halogenated alkanes) is 2. The second kappa shape index (κ2) is 7.12. The van der Waals surface area contributed by atoms with Gasteiger partial charge in [0.15, 0.2) is 0 Å². The number of carbonyl (C=O) groups is 1. The van der Waals surface area contributed by atoms with Crippen LogP contribution < -0.4 is 5.56 Å². The maximum absolute atomic E-state index is 12.5. The van der Waals surface area contributed by atoms with Crippen LogP contribution in [0.15, 0.2) is 23.1 Å². The predicted molar refractivity (Wildman–Crippen MR) is 66.2 cm³/mol. The Labute approximate surface area is 114 Å². The molecule has 112 valence electrons. The van der Waals surface area contributed by atoms with Gasteiger partial charge in [0.25, 0.3) is 5.56 Å². The molecule has 1 aromatic heterocycles. The number of nitrogens with zero attached hydrogens (tertiary/aromatic N) is 1. The van der Waals surface area contributed by atoms with Crippen LogP contribution in [-0.4, -0.2) is 17.1 Å². The van der Waals surface area contributed by atoms with Crippen molar-refractivity contribution in [2.24, 2.45) is 0 Å². The van der Waals surface area contributed by atoms with Gasteiger partial charge in [-0.15, -0.1) is 0 Å². The molecule has 1 rings (SSSR count). The van der Waals surface area contributed by atoms with Gasteiger partial charge >= 0.3 is 12.1 Å². The van der Waals surface area contributed by atoms with Crippen molar-refractivity contribution in [2.45, 2.75) is 38.9 Å². The van der Waals surface area contributed by atoms with Gasteiger partial charge in [0.2, 0.25) is 0 Å². The fraction of sp³-hybridized carbons (Fsp3) is 0.538. The number of rotatable bonds is 6. The zero-order valence-electron chi connectivity index (χ0n) is 11.1. The third kappa shape index (κ3) is 5.07. The summed E-state index contributed by atoms with van der Waals surface area (Å²) in [7, 11) is 0. The van der Waals surface area contributed by atoms with Gasteiger partial charge < -0.3 is 9.30 Å². The Bertz CT molecular complexity index is 508. The highest BCUT2D eigenvalue weighted by Gasteiger charge is 2.31. The minimum atomic E-state index is -4.56. The number of halogens is 3. The fourth-order valence-corrected chi connectivity index (χ4v) is 1.55. The van der Waals surface area contributed by atoms with Gasteiger partial charge in [-0.2, -0.15) is 13.2 Å². The Morgan fingerprint density at radius 3 is 2.60 bits per heavy atom. The highest BCUT2D eigenvalue weighted by molar-refractivity contribution is 5.69. The van der Waals surface area contributed by atoms with E-state index in [2.05, 4.69) is 0 Å². The lowest BCUT2D eigenvalue weighted by Crippen LogP contribution is -2.26. The summed E-state index contributed by atoms with van der Waals surface area (Å²) < 4.78 is 43.0. The second-order valence-corrected chi connectivity index (χ2v) is 4.31. The molecule has 0 aromatic carbocycles. The Kier molecular flexibility index (Phi) is 5.79. The maximum atomic E-state index is 12.5. The molecule has 4 nitrogen and oxygen atoms in total. The Morgan fingerprint density at radius 2 is 2.00 bits per heavy atom. The number of carbonyl (C=O) groups excluding carboxylic acids is 1. The van der Waals surface area contributed by atoms with E-state index in [1.54, 1.807) is 0 Å². The molecule has 0 aliphatic carbocycles. The Hall–Kier alpha value is -1.79. The fourth-order valence-electron chi connectivity index (χ4n) is 1.55. The van der Waals surface area contributed by atoms with E-state index in [4.69, 9.17) is 4.74 Å². The second-order valence-electron chi connectivity index (χ2n) is 4.31. The lowest BCUT2D eigenvalue weighted by atomic mass is 10.2. The molecular formula is C13H16F3NO3. The summed E-state index contributed by atoms with van der Waals surface area (Å²) in [5.41, 5.74) is -1.65. The molecule has 0 amide bonds. The van der Waals surface area contributed by atoms with Crippen molar-refractivity contribution in [2.75, 3.05) is 6.61 Å². The third-order valence-corrected chi connectivity index (χ3v) is 2.62. The van der Waals surface area contributed by atoms with Crippen LogP contribution in [0.25, 0.3) is 0 Å². The van der Waals surface area contributed by atoms with Crippen molar-refractivity contribution in [3.8, 4) is 0 Å². The van der Waals surface area contributed by atoms with Crippen molar-refractivity contribution < 1.29 is 22.7 Å². The summed E-state index contributed by atoms with van der Waals surface area (Å²) in [6.07, 6.45) is -1.38. The zero-order chi connectivity index (χ0) is 15.2. The first-order valence-corrected chi connectivity index (χ1v) is 6.28. The minimum Gasteiger partial charge on any atom is -0.464 e. The SMILES string of the molecule is CCCCCOC(=O)Cn1cc(C(F)(F)F)ccc1=O. The molecule has 0 unspecified atom stereocenters. The lowest BCUT2D eigenvalue weighted by Gasteiger charge is -2.10. The molecule has 0 aliphatic rings. The number of pyridine rings is 1. The van der Waals surface area contributed by atoms with Crippen molar-refractivity contribution in [1.29, 1.82) is 0 Å². The molecule has 0 radical (unpaired) electrons. The maximum Gasteiger partial charge on any atom is 0.417 e. The van der Waals surface area contributed by atoms with Gasteiger partial charge in [-0.1, -0.05) is 19.8 Å².